The number of para-hydroxylation sites is 1. The van der Waals surface area contributed by atoms with Gasteiger partial charge < -0.3 is 4.74 Å². The van der Waals surface area contributed by atoms with Gasteiger partial charge in [0.15, 0.2) is 5.13 Å². The van der Waals surface area contributed by atoms with Gasteiger partial charge in [-0.3, -0.25) is 20.2 Å². The molecule has 2 heterocycles. The van der Waals surface area contributed by atoms with E-state index in [-0.39, 0.29) is 9.88 Å². The number of nitro groups is 1. The van der Waals surface area contributed by atoms with Crippen LogP contribution < -0.4 is 10.1 Å². The summed E-state index contributed by atoms with van der Waals surface area (Å²) < 4.78 is 6.02. The van der Waals surface area contributed by atoms with Crippen molar-refractivity contribution < 1.29 is 14.5 Å². The molecule has 7 nitrogen and oxygen atoms in total. The van der Waals surface area contributed by atoms with E-state index in [1.54, 1.807) is 0 Å². The van der Waals surface area contributed by atoms with E-state index in [0.717, 1.165) is 22.5 Å². The second-order valence-corrected chi connectivity index (χ2v) is 8.31. The van der Waals surface area contributed by atoms with Crippen LogP contribution in [0.5, 0.6) is 10.8 Å². The third kappa shape index (κ3) is 4.37. The van der Waals surface area contributed by atoms with E-state index in [9.17, 15) is 14.9 Å². The van der Waals surface area contributed by atoms with Gasteiger partial charge in [0, 0.05) is 11.6 Å². The third-order valence-corrected chi connectivity index (χ3v) is 5.98. The van der Waals surface area contributed by atoms with Crippen LogP contribution in [0.3, 0.4) is 0 Å². The molecule has 0 bridgehead atoms. The topological polar surface area (TPSA) is 94.4 Å². The number of carbonyl (C=O) groups excluding carboxylic acids is 1. The Morgan fingerprint density at radius 3 is 2.43 bits per heavy atom. The molecule has 0 aliphatic carbocycles. The maximum Gasteiger partial charge on any atom is 0.324 e. The van der Waals surface area contributed by atoms with E-state index < -0.39 is 10.8 Å². The lowest BCUT2D eigenvalue weighted by Crippen LogP contribution is -2.09. The summed E-state index contributed by atoms with van der Waals surface area (Å²) in [6.07, 6.45) is 0. The first-order valence-electron chi connectivity index (χ1n) is 8.86. The summed E-state index contributed by atoms with van der Waals surface area (Å²) >= 11 is 2.01. The SMILES string of the molecule is Cc1ccc(-c2nc(NC(=O)c3ccc([N+](=O)[O-])s3)sc2Oc2ccccc2)cc1. The number of ether oxygens (including phenoxy) is 1. The predicted molar refractivity (Wildman–Crippen MR) is 118 cm³/mol. The average Bonchev–Trinajstić information content (AvgIpc) is 3.37. The molecule has 0 fully saturated rings. The Kier molecular flexibility index (Phi) is 5.55. The molecule has 0 aliphatic heterocycles. The second-order valence-electron chi connectivity index (χ2n) is 6.29. The Balaban J connectivity index is 1.64. The standard InChI is InChI=1S/C21H15N3O4S2/c1-13-7-9-14(10-8-13)18-20(28-15-5-3-2-4-6-15)30-21(22-18)23-19(25)16-11-12-17(29-16)24(26)27/h2-12H,1H3,(H,22,23,25). The smallest absolute Gasteiger partial charge is 0.324 e. The fourth-order valence-electron chi connectivity index (χ4n) is 2.62. The minimum absolute atomic E-state index is 0.0901. The van der Waals surface area contributed by atoms with Gasteiger partial charge in [-0.15, -0.1) is 0 Å². The first-order chi connectivity index (χ1) is 14.5. The molecular weight excluding hydrogens is 422 g/mol. The van der Waals surface area contributed by atoms with Crippen molar-refractivity contribution in [1.82, 2.24) is 4.98 Å². The number of nitrogens with one attached hydrogen (secondary N) is 1. The number of thiophene rings is 1. The molecule has 0 spiro atoms. The maximum absolute atomic E-state index is 12.5. The monoisotopic (exact) mass is 437 g/mol. The summed E-state index contributed by atoms with van der Waals surface area (Å²) in [5, 5.41) is 14.4. The van der Waals surface area contributed by atoms with Crippen LogP contribution in [0.2, 0.25) is 0 Å². The highest BCUT2D eigenvalue weighted by molar-refractivity contribution is 7.19. The molecule has 150 valence electrons. The second kappa shape index (κ2) is 8.44. The van der Waals surface area contributed by atoms with Gasteiger partial charge >= 0.3 is 5.00 Å². The molecule has 2 aromatic heterocycles. The van der Waals surface area contributed by atoms with Crippen LogP contribution in [0, 0.1) is 17.0 Å². The zero-order valence-electron chi connectivity index (χ0n) is 15.7. The van der Waals surface area contributed by atoms with Gasteiger partial charge in [-0.25, -0.2) is 4.98 Å². The predicted octanol–water partition coefficient (Wildman–Crippen LogP) is 6.13. The first-order valence-corrected chi connectivity index (χ1v) is 10.5. The maximum atomic E-state index is 12.5. The molecule has 0 aliphatic rings. The number of nitrogens with zero attached hydrogens (tertiary/aromatic N) is 2. The fraction of sp³-hybridized carbons (Fsp3) is 0.0476. The summed E-state index contributed by atoms with van der Waals surface area (Å²) in [5.74, 6) is 0.199. The van der Waals surface area contributed by atoms with Gasteiger partial charge in [-0.2, -0.15) is 0 Å². The molecule has 0 saturated carbocycles. The largest absolute Gasteiger partial charge is 0.444 e. The molecule has 0 atom stereocenters. The minimum Gasteiger partial charge on any atom is -0.444 e. The molecule has 1 N–H and O–H groups in total. The van der Waals surface area contributed by atoms with E-state index >= 15 is 0 Å². The molecule has 0 saturated heterocycles. The Morgan fingerprint density at radius 2 is 1.77 bits per heavy atom. The van der Waals surface area contributed by atoms with Crippen molar-refractivity contribution >= 4 is 38.7 Å². The number of benzene rings is 2. The molecule has 4 rings (SSSR count). The molecular formula is C21H15N3O4S2. The van der Waals surface area contributed by atoms with E-state index in [4.69, 9.17) is 4.74 Å². The van der Waals surface area contributed by atoms with E-state index in [0.29, 0.717) is 21.6 Å². The van der Waals surface area contributed by atoms with Crippen molar-refractivity contribution in [3.05, 3.63) is 87.3 Å². The molecule has 9 heteroatoms. The lowest BCUT2D eigenvalue weighted by Gasteiger charge is -2.05. The Hall–Kier alpha value is -3.56. The van der Waals surface area contributed by atoms with Gasteiger partial charge in [-0.1, -0.05) is 70.7 Å². The Bertz CT molecular complexity index is 1200. The van der Waals surface area contributed by atoms with Crippen LogP contribution in [0.4, 0.5) is 10.1 Å². The van der Waals surface area contributed by atoms with Crippen molar-refractivity contribution in [2.24, 2.45) is 0 Å². The van der Waals surface area contributed by atoms with E-state index in [1.807, 2.05) is 61.5 Å². The summed E-state index contributed by atoms with van der Waals surface area (Å²) in [6.45, 7) is 2.00. The lowest BCUT2D eigenvalue weighted by molar-refractivity contribution is -0.380. The van der Waals surface area contributed by atoms with Crippen molar-refractivity contribution in [3.63, 3.8) is 0 Å². The van der Waals surface area contributed by atoms with E-state index in [1.165, 1.54) is 23.5 Å². The highest BCUT2D eigenvalue weighted by Gasteiger charge is 2.20. The number of thiazole rings is 1. The van der Waals surface area contributed by atoms with Crippen LogP contribution in [0.15, 0.2) is 66.7 Å². The van der Waals surface area contributed by atoms with Crippen LogP contribution in [0.25, 0.3) is 11.3 Å². The number of rotatable bonds is 6. The highest BCUT2D eigenvalue weighted by Crippen LogP contribution is 2.41. The lowest BCUT2D eigenvalue weighted by atomic mass is 10.1. The van der Waals surface area contributed by atoms with Gasteiger partial charge in [0.2, 0.25) is 5.06 Å². The number of carbonyl (C=O) groups is 1. The van der Waals surface area contributed by atoms with Crippen LogP contribution in [-0.4, -0.2) is 15.8 Å². The van der Waals surface area contributed by atoms with Crippen molar-refractivity contribution in [3.8, 4) is 22.1 Å². The third-order valence-electron chi connectivity index (χ3n) is 4.09. The van der Waals surface area contributed by atoms with Crippen molar-refractivity contribution in [2.75, 3.05) is 5.32 Å². The zero-order chi connectivity index (χ0) is 21.1. The van der Waals surface area contributed by atoms with Gasteiger partial charge in [-0.05, 0) is 25.1 Å². The van der Waals surface area contributed by atoms with Crippen molar-refractivity contribution in [2.45, 2.75) is 6.92 Å². The van der Waals surface area contributed by atoms with Crippen LogP contribution in [0.1, 0.15) is 15.2 Å². The number of hydrogen-bond donors (Lipinski definition) is 1. The highest BCUT2D eigenvalue weighted by atomic mass is 32.1. The Morgan fingerprint density at radius 1 is 1.03 bits per heavy atom. The van der Waals surface area contributed by atoms with Crippen molar-refractivity contribution in [1.29, 1.82) is 0 Å². The molecule has 0 unspecified atom stereocenters. The summed E-state index contributed by atoms with van der Waals surface area (Å²) in [4.78, 5) is 27.6. The summed E-state index contributed by atoms with van der Waals surface area (Å²) in [7, 11) is 0. The number of aromatic nitrogens is 1. The number of hydrogen-bond acceptors (Lipinski definition) is 7. The molecule has 2 aromatic carbocycles. The van der Waals surface area contributed by atoms with E-state index in [2.05, 4.69) is 10.3 Å². The quantitative estimate of drug-likeness (QED) is 0.289. The number of anilines is 1. The fourth-order valence-corrected chi connectivity index (χ4v) is 4.19. The van der Waals surface area contributed by atoms with Crippen LogP contribution >= 0.6 is 22.7 Å². The zero-order valence-corrected chi connectivity index (χ0v) is 17.3. The molecule has 4 aromatic rings. The number of amides is 1. The first kappa shape index (κ1) is 19.7. The molecule has 30 heavy (non-hydrogen) atoms. The summed E-state index contributed by atoms with van der Waals surface area (Å²) in [5.41, 5.74) is 2.58. The van der Waals surface area contributed by atoms with Gasteiger partial charge in [0.05, 0.1) is 9.80 Å². The number of aryl methyl sites for hydroxylation is 1. The van der Waals surface area contributed by atoms with Gasteiger partial charge in [0.25, 0.3) is 5.91 Å². The Labute approximate surface area is 179 Å². The van der Waals surface area contributed by atoms with Gasteiger partial charge in [0.1, 0.15) is 11.4 Å². The summed E-state index contributed by atoms with van der Waals surface area (Å²) in [6, 6.07) is 19.9. The molecule has 1 amide bonds. The molecule has 0 radical (unpaired) electrons. The minimum atomic E-state index is -0.522. The normalized spacial score (nSPS) is 10.6. The average molecular weight is 438 g/mol. The van der Waals surface area contributed by atoms with Crippen LogP contribution in [-0.2, 0) is 0 Å².